The smallest absolute Gasteiger partial charge is 0.318 e. The minimum atomic E-state index is -1.47. The fourth-order valence-electron chi connectivity index (χ4n) is 0.785. The van der Waals surface area contributed by atoms with Crippen LogP contribution in [0, 0.1) is 5.41 Å². The van der Waals surface area contributed by atoms with Crippen molar-refractivity contribution in [2.75, 3.05) is 0 Å². The lowest BCUT2D eigenvalue weighted by atomic mass is 9.89. The predicted molar refractivity (Wildman–Crippen MR) is 51.1 cm³/mol. The summed E-state index contributed by atoms with van der Waals surface area (Å²) in [6.07, 6.45) is 0. The van der Waals surface area contributed by atoms with E-state index in [2.05, 4.69) is 0 Å². The van der Waals surface area contributed by atoms with Gasteiger partial charge in [-0.1, -0.05) is 11.8 Å². The molecular weight excluding hydrogens is 208 g/mol. The zero-order valence-electron chi connectivity index (χ0n) is 8.10. The summed E-state index contributed by atoms with van der Waals surface area (Å²) in [6.45, 7) is 3.77. The van der Waals surface area contributed by atoms with E-state index in [0.29, 0.717) is 11.8 Å². The molecule has 1 unspecified atom stereocenters. The van der Waals surface area contributed by atoms with Gasteiger partial charge in [0, 0.05) is 6.92 Å². The second-order valence-corrected chi connectivity index (χ2v) is 4.64. The van der Waals surface area contributed by atoms with Crippen LogP contribution in [0.25, 0.3) is 0 Å². The van der Waals surface area contributed by atoms with Crippen molar-refractivity contribution in [1.29, 1.82) is 0 Å². The van der Waals surface area contributed by atoms with Crippen molar-refractivity contribution in [1.82, 2.24) is 0 Å². The summed E-state index contributed by atoms with van der Waals surface area (Å²) in [5.74, 6) is -2.53. The number of rotatable bonds is 4. The molecule has 0 spiro atoms. The molecular formula is C8H12O5S. The molecule has 1 atom stereocenters. The maximum Gasteiger partial charge on any atom is 0.318 e. The van der Waals surface area contributed by atoms with Gasteiger partial charge < -0.3 is 10.2 Å². The normalized spacial score (nSPS) is 13.4. The minimum absolute atomic E-state index is 0.410. The average molecular weight is 220 g/mol. The molecule has 0 aliphatic heterocycles. The Morgan fingerprint density at radius 2 is 1.64 bits per heavy atom. The van der Waals surface area contributed by atoms with Crippen LogP contribution in [0.3, 0.4) is 0 Å². The summed E-state index contributed by atoms with van der Waals surface area (Å²) >= 11 is 0.524. The number of thioether (sulfide) groups is 1. The van der Waals surface area contributed by atoms with Crippen molar-refractivity contribution in [3.63, 3.8) is 0 Å². The Balaban J connectivity index is 4.91. The van der Waals surface area contributed by atoms with Crippen molar-refractivity contribution < 1.29 is 24.6 Å². The van der Waals surface area contributed by atoms with Crippen molar-refractivity contribution in [3.05, 3.63) is 0 Å². The highest BCUT2D eigenvalue weighted by molar-refractivity contribution is 8.14. The highest BCUT2D eigenvalue weighted by Crippen LogP contribution is 2.31. The zero-order valence-corrected chi connectivity index (χ0v) is 8.92. The fraction of sp³-hybridized carbons (Fsp3) is 0.625. The fourth-order valence-corrected chi connectivity index (χ4v) is 1.61. The Morgan fingerprint density at radius 1 is 1.21 bits per heavy atom. The third-order valence-corrected chi connectivity index (χ3v) is 3.07. The summed E-state index contributed by atoms with van der Waals surface area (Å²) in [5.41, 5.74) is -1.47. The van der Waals surface area contributed by atoms with Crippen LogP contribution in [0.2, 0.25) is 0 Å². The van der Waals surface area contributed by atoms with Crippen molar-refractivity contribution >= 4 is 28.8 Å². The lowest BCUT2D eigenvalue weighted by Crippen LogP contribution is -2.40. The topological polar surface area (TPSA) is 91.7 Å². The van der Waals surface area contributed by atoms with Gasteiger partial charge in [0.1, 0.15) is 5.25 Å². The van der Waals surface area contributed by atoms with E-state index in [1.807, 2.05) is 0 Å². The van der Waals surface area contributed by atoms with Crippen molar-refractivity contribution in [2.24, 2.45) is 5.41 Å². The number of hydrogen-bond donors (Lipinski definition) is 2. The maximum atomic E-state index is 10.8. The monoisotopic (exact) mass is 220 g/mol. The molecule has 0 saturated carbocycles. The molecule has 0 aliphatic rings. The van der Waals surface area contributed by atoms with E-state index < -0.39 is 27.7 Å². The van der Waals surface area contributed by atoms with E-state index in [0.717, 1.165) is 0 Å². The molecule has 6 heteroatoms. The van der Waals surface area contributed by atoms with E-state index >= 15 is 0 Å². The van der Waals surface area contributed by atoms with Gasteiger partial charge in [0.15, 0.2) is 5.12 Å². The highest BCUT2D eigenvalue weighted by Gasteiger charge is 2.43. The molecule has 0 amide bonds. The van der Waals surface area contributed by atoms with Gasteiger partial charge in [-0.3, -0.25) is 14.4 Å². The molecule has 0 aromatic carbocycles. The third kappa shape index (κ3) is 3.02. The lowest BCUT2D eigenvalue weighted by molar-refractivity contribution is -0.152. The molecule has 5 nitrogen and oxygen atoms in total. The summed E-state index contributed by atoms with van der Waals surface area (Å²) in [4.78, 5) is 32.2. The first-order valence-corrected chi connectivity index (χ1v) is 4.71. The number of carboxylic acid groups (broad SMARTS) is 2. The predicted octanol–water partition coefficient (Wildman–Crippen LogP) is 0.830. The second kappa shape index (κ2) is 4.45. The molecule has 0 fully saturated rings. The average Bonchev–Trinajstić information content (AvgIpc) is 1.98. The molecule has 0 rings (SSSR count). The maximum absolute atomic E-state index is 10.8. The van der Waals surface area contributed by atoms with Gasteiger partial charge in [0.2, 0.25) is 0 Å². The SMILES string of the molecule is CC(=O)SC(C(=O)O)C(C)(C)C(=O)O. The van der Waals surface area contributed by atoms with Gasteiger partial charge in [-0.25, -0.2) is 0 Å². The summed E-state index contributed by atoms with van der Waals surface area (Å²) in [6, 6.07) is 0. The summed E-state index contributed by atoms with van der Waals surface area (Å²) in [5, 5.41) is 15.9. The van der Waals surface area contributed by atoms with Gasteiger partial charge in [0.05, 0.1) is 5.41 Å². The molecule has 0 bridgehead atoms. The summed E-state index contributed by atoms with van der Waals surface area (Å²) in [7, 11) is 0. The first-order valence-electron chi connectivity index (χ1n) is 3.83. The van der Waals surface area contributed by atoms with Crippen LogP contribution in [-0.4, -0.2) is 32.5 Å². The first kappa shape index (κ1) is 13.0. The quantitative estimate of drug-likeness (QED) is 0.729. The molecule has 2 N–H and O–H groups in total. The van der Waals surface area contributed by atoms with Crippen LogP contribution >= 0.6 is 11.8 Å². The number of aliphatic carboxylic acids is 2. The van der Waals surface area contributed by atoms with Crippen LogP contribution in [0.15, 0.2) is 0 Å². The van der Waals surface area contributed by atoms with Gasteiger partial charge in [0.25, 0.3) is 0 Å². The largest absolute Gasteiger partial charge is 0.481 e. The number of hydrogen-bond acceptors (Lipinski definition) is 4. The first-order chi connectivity index (χ1) is 6.19. The Bertz CT molecular complexity index is 271. The third-order valence-electron chi connectivity index (χ3n) is 1.71. The molecule has 0 radical (unpaired) electrons. The van der Waals surface area contributed by atoms with E-state index in [9.17, 15) is 14.4 Å². The van der Waals surface area contributed by atoms with Gasteiger partial charge in [-0.2, -0.15) is 0 Å². The zero-order chi connectivity index (χ0) is 11.5. The minimum Gasteiger partial charge on any atom is -0.481 e. The van der Waals surface area contributed by atoms with E-state index in [1.54, 1.807) is 0 Å². The van der Waals surface area contributed by atoms with E-state index in [-0.39, 0.29) is 0 Å². The number of carbonyl (C=O) groups excluding carboxylic acids is 1. The van der Waals surface area contributed by atoms with Gasteiger partial charge in [-0.15, -0.1) is 0 Å². The molecule has 0 aromatic heterocycles. The van der Waals surface area contributed by atoms with E-state index in [1.165, 1.54) is 20.8 Å². The second-order valence-electron chi connectivity index (χ2n) is 3.35. The van der Waals surface area contributed by atoms with Crippen LogP contribution in [0.1, 0.15) is 20.8 Å². The molecule has 0 aliphatic carbocycles. The molecule has 14 heavy (non-hydrogen) atoms. The molecule has 0 aromatic rings. The number of carboxylic acids is 2. The van der Waals surface area contributed by atoms with Gasteiger partial charge >= 0.3 is 11.9 Å². The van der Waals surface area contributed by atoms with Crippen molar-refractivity contribution in [2.45, 2.75) is 26.0 Å². The van der Waals surface area contributed by atoms with E-state index in [4.69, 9.17) is 10.2 Å². The van der Waals surface area contributed by atoms with Crippen LogP contribution in [-0.2, 0) is 14.4 Å². The Hall–Kier alpha value is -1.04. The van der Waals surface area contributed by atoms with Crippen LogP contribution in [0.4, 0.5) is 0 Å². The van der Waals surface area contributed by atoms with Crippen LogP contribution in [0.5, 0.6) is 0 Å². The lowest BCUT2D eigenvalue weighted by Gasteiger charge is -2.25. The Labute approximate surface area is 85.5 Å². The van der Waals surface area contributed by atoms with Crippen LogP contribution < -0.4 is 0 Å². The standard InChI is InChI=1S/C8H12O5S/c1-4(9)14-5(6(10)11)8(2,3)7(12)13/h5H,1-3H3,(H,10,11)(H,12,13). The van der Waals surface area contributed by atoms with Gasteiger partial charge in [-0.05, 0) is 13.8 Å². The Morgan fingerprint density at radius 3 is 1.86 bits per heavy atom. The Kier molecular flexibility index (Phi) is 4.12. The highest BCUT2D eigenvalue weighted by atomic mass is 32.2. The number of carbonyl (C=O) groups is 3. The molecule has 0 saturated heterocycles. The summed E-state index contributed by atoms with van der Waals surface area (Å²) < 4.78 is 0. The molecule has 0 heterocycles. The molecule has 80 valence electrons. The van der Waals surface area contributed by atoms with Crippen molar-refractivity contribution in [3.8, 4) is 0 Å².